The first-order valence-corrected chi connectivity index (χ1v) is 6.45. The van der Waals surface area contributed by atoms with E-state index in [2.05, 4.69) is 23.4 Å². The Bertz CT molecular complexity index is 515. The zero-order chi connectivity index (χ0) is 12.4. The lowest BCUT2D eigenvalue weighted by Crippen LogP contribution is -2.16. The molecule has 0 aliphatic rings. The Morgan fingerprint density at radius 1 is 1.41 bits per heavy atom. The van der Waals surface area contributed by atoms with Crippen molar-refractivity contribution in [3.8, 4) is 0 Å². The minimum absolute atomic E-state index is 0.304. The van der Waals surface area contributed by atoms with Crippen LogP contribution in [0.3, 0.4) is 0 Å². The van der Waals surface area contributed by atoms with Gasteiger partial charge in [0.1, 0.15) is 5.82 Å². The summed E-state index contributed by atoms with van der Waals surface area (Å²) in [5.74, 6) is 1.36. The first-order chi connectivity index (χ1) is 8.22. The molecule has 1 unspecified atom stereocenters. The number of nitrogens with zero attached hydrogens (tertiary/aromatic N) is 2. The number of halogens is 1. The molecule has 0 aliphatic heterocycles. The molecule has 1 aromatic heterocycles. The highest BCUT2D eigenvalue weighted by Gasteiger charge is 2.18. The van der Waals surface area contributed by atoms with Gasteiger partial charge in [0.05, 0.1) is 16.1 Å². The highest BCUT2D eigenvalue weighted by atomic mass is 35.5. The topological polar surface area (TPSA) is 43.8 Å². The summed E-state index contributed by atoms with van der Waals surface area (Å²) in [6.07, 6.45) is 0.997. The van der Waals surface area contributed by atoms with Crippen molar-refractivity contribution in [2.45, 2.75) is 32.7 Å². The zero-order valence-corrected chi connectivity index (χ0v) is 11.0. The summed E-state index contributed by atoms with van der Waals surface area (Å²) >= 11 is 6.25. The fourth-order valence-electron chi connectivity index (χ4n) is 2.25. The quantitative estimate of drug-likeness (QED) is 0.907. The SMILES string of the molecule is CCC(CN)c1nc2cccc(Cl)c2n1CC. The van der Waals surface area contributed by atoms with Crippen LogP contribution in [-0.2, 0) is 6.54 Å². The standard InChI is InChI=1S/C13H18ClN3/c1-3-9(8-15)13-16-11-7-5-6-10(14)12(11)17(13)4-2/h5-7,9H,3-4,8,15H2,1-2H3. The lowest BCUT2D eigenvalue weighted by Gasteiger charge is -2.14. The fraction of sp³-hybridized carbons (Fsp3) is 0.462. The average molecular weight is 252 g/mol. The summed E-state index contributed by atoms with van der Waals surface area (Å²) in [6, 6.07) is 5.84. The van der Waals surface area contributed by atoms with E-state index >= 15 is 0 Å². The molecule has 4 heteroatoms. The van der Waals surface area contributed by atoms with Crippen molar-refractivity contribution < 1.29 is 0 Å². The lowest BCUT2D eigenvalue weighted by molar-refractivity contribution is 0.586. The largest absolute Gasteiger partial charge is 0.330 e. The molecule has 0 bridgehead atoms. The Morgan fingerprint density at radius 2 is 2.18 bits per heavy atom. The van der Waals surface area contributed by atoms with Crippen molar-refractivity contribution in [2.24, 2.45) is 5.73 Å². The molecule has 3 nitrogen and oxygen atoms in total. The van der Waals surface area contributed by atoms with Crippen LogP contribution in [0.15, 0.2) is 18.2 Å². The molecule has 17 heavy (non-hydrogen) atoms. The number of rotatable bonds is 4. The number of benzene rings is 1. The van der Waals surface area contributed by atoms with E-state index in [0.717, 1.165) is 34.8 Å². The molecule has 0 radical (unpaired) electrons. The van der Waals surface area contributed by atoms with Crippen molar-refractivity contribution in [1.29, 1.82) is 0 Å². The van der Waals surface area contributed by atoms with Gasteiger partial charge in [-0.05, 0) is 25.5 Å². The second-order valence-corrected chi connectivity index (χ2v) is 4.57. The van der Waals surface area contributed by atoms with Crippen LogP contribution < -0.4 is 5.73 Å². The maximum absolute atomic E-state index is 6.25. The molecule has 0 fully saturated rings. The Hall–Kier alpha value is -1.06. The average Bonchev–Trinajstić information content (AvgIpc) is 2.70. The molecule has 1 atom stereocenters. The summed E-state index contributed by atoms with van der Waals surface area (Å²) in [4.78, 5) is 4.68. The molecule has 1 heterocycles. The number of hydrogen-bond donors (Lipinski definition) is 1. The van der Waals surface area contributed by atoms with Gasteiger partial charge < -0.3 is 10.3 Å². The minimum Gasteiger partial charge on any atom is -0.330 e. The molecule has 92 valence electrons. The van der Waals surface area contributed by atoms with Crippen LogP contribution in [-0.4, -0.2) is 16.1 Å². The third-order valence-corrected chi connectivity index (χ3v) is 3.51. The third kappa shape index (κ3) is 2.05. The maximum atomic E-state index is 6.25. The van der Waals surface area contributed by atoms with Gasteiger partial charge in [-0.3, -0.25) is 0 Å². The first-order valence-electron chi connectivity index (χ1n) is 6.07. The third-order valence-electron chi connectivity index (χ3n) is 3.21. The van der Waals surface area contributed by atoms with Gasteiger partial charge in [-0.15, -0.1) is 0 Å². The number of aryl methyl sites for hydroxylation is 1. The second-order valence-electron chi connectivity index (χ2n) is 4.16. The number of aromatic nitrogens is 2. The summed E-state index contributed by atoms with van der Waals surface area (Å²) < 4.78 is 2.18. The second kappa shape index (κ2) is 5.07. The van der Waals surface area contributed by atoms with Crippen LogP contribution in [0.5, 0.6) is 0 Å². The van der Waals surface area contributed by atoms with Crippen LogP contribution in [0.25, 0.3) is 11.0 Å². The predicted octanol–water partition coefficient (Wildman–Crippen LogP) is 3.16. The minimum atomic E-state index is 0.304. The van der Waals surface area contributed by atoms with Gasteiger partial charge in [0.25, 0.3) is 0 Å². The molecule has 2 aromatic rings. The molecule has 0 aliphatic carbocycles. The van der Waals surface area contributed by atoms with Crippen molar-refractivity contribution in [3.05, 3.63) is 29.0 Å². The van der Waals surface area contributed by atoms with E-state index < -0.39 is 0 Å². The summed E-state index contributed by atoms with van der Waals surface area (Å²) in [6.45, 7) is 5.74. The number of hydrogen-bond acceptors (Lipinski definition) is 2. The summed E-state index contributed by atoms with van der Waals surface area (Å²) in [5.41, 5.74) is 7.80. The molecule has 2 N–H and O–H groups in total. The molecule has 0 spiro atoms. The van der Waals surface area contributed by atoms with Gasteiger partial charge in [0.2, 0.25) is 0 Å². The Balaban J connectivity index is 2.68. The highest BCUT2D eigenvalue weighted by molar-refractivity contribution is 6.35. The van der Waals surface area contributed by atoms with E-state index in [1.165, 1.54) is 0 Å². The Morgan fingerprint density at radius 3 is 2.76 bits per heavy atom. The number of nitrogens with two attached hydrogens (primary N) is 1. The van der Waals surface area contributed by atoms with Crippen LogP contribution in [0, 0.1) is 0 Å². The molecule has 1 aromatic carbocycles. The lowest BCUT2D eigenvalue weighted by atomic mass is 10.1. The van der Waals surface area contributed by atoms with E-state index in [9.17, 15) is 0 Å². The van der Waals surface area contributed by atoms with E-state index in [-0.39, 0.29) is 0 Å². The van der Waals surface area contributed by atoms with Crippen LogP contribution in [0.2, 0.25) is 5.02 Å². The Kier molecular flexibility index (Phi) is 3.69. The molecule has 2 rings (SSSR count). The van der Waals surface area contributed by atoms with Gasteiger partial charge in [-0.1, -0.05) is 24.6 Å². The Labute approximate surface area is 107 Å². The van der Waals surface area contributed by atoms with Crippen LogP contribution in [0.4, 0.5) is 0 Å². The summed E-state index contributed by atoms with van der Waals surface area (Å²) in [7, 11) is 0. The van der Waals surface area contributed by atoms with Crippen molar-refractivity contribution in [3.63, 3.8) is 0 Å². The number of para-hydroxylation sites is 1. The smallest absolute Gasteiger partial charge is 0.114 e. The highest BCUT2D eigenvalue weighted by Crippen LogP contribution is 2.28. The van der Waals surface area contributed by atoms with E-state index in [1.54, 1.807) is 0 Å². The molecule has 0 saturated heterocycles. The van der Waals surface area contributed by atoms with Crippen LogP contribution >= 0.6 is 11.6 Å². The van der Waals surface area contributed by atoms with Crippen molar-refractivity contribution in [2.75, 3.05) is 6.54 Å². The molecule has 0 amide bonds. The van der Waals surface area contributed by atoms with E-state index in [4.69, 9.17) is 17.3 Å². The first kappa shape index (κ1) is 12.4. The molecular formula is C13H18ClN3. The monoisotopic (exact) mass is 251 g/mol. The van der Waals surface area contributed by atoms with Gasteiger partial charge in [-0.25, -0.2) is 4.98 Å². The number of imidazole rings is 1. The normalized spacial score (nSPS) is 13.2. The molecular weight excluding hydrogens is 234 g/mol. The van der Waals surface area contributed by atoms with Gasteiger partial charge in [-0.2, -0.15) is 0 Å². The molecule has 0 saturated carbocycles. The van der Waals surface area contributed by atoms with E-state index in [0.29, 0.717) is 12.5 Å². The van der Waals surface area contributed by atoms with Gasteiger partial charge in [0, 0.05) is 19.0 Å². The van der Waals surface area contributed by atoms with Crippen LogP contribution in [0.1, 0.15) is 32.0 Å². The fourth-order valence-corrected chi connectivity index (χ4v) is 2.52. The number of fused-ring (bicyclic) bond motifs is 1. The van der Waals surface area contributed by atoms with E-state index in [1.807, 2.05) is 18.2 Å². The van der Waals surface area contributed by atoms with Gasteiger partial charge >= 0.3 is 0 Å². The zero-order valence-electron chi connectivity index (χ0n) is 10.3. The van der Waals surface area contributed by atoms with Gasteiger partial charge in [0.15, 0.2) is 0 Å². The predicted molar refractivity (Wildman–Crippen MR) is 72.5 cm³/mol. The van der Waals surface area contributed by atoms with Crippen molar-refractivity contribution >= 4 is 22.6 Å². The summed E-state index contributed by atoms with van der Waals surface area (Å²) in [5, 5.41) is 0.759. The van der Waals surface area contributed by atoms with Crippen molar-refractivity contribution in [1.82, 2.24) is 9.55 Å². The maximum Gasteiger partial charge on any atom is 0.114 e.